The topological polar surface area (TPSA) is 71.2 Å². The highest BCUT2D eigenvalue weighted by atomic mass is 19.1. The van der Waals surface area contributed by atoms with Gasteiger partial charge in [-0.15, -0.1) is 0 Å². The zero-order valence-electron chi connectivity index (χ0n) is 12.6. The summed E-state index contributed by atoms with van der Waals surface area (Å²) in [6.45, 7) is 2.22. The third kappa shape index (κ3) is 3.03. The Balaban J connectivity index is 1.69. The normalized spacial score (nSPS) is 17.0. The third-order valence-corrected chi connectivity index (χ3v) is 4.38. The van der Waals surface area contributed by atoms with Crippen molar-refractivity contribution in [2.24, 2.45) is 0 Å². The van der Waals surface area contributed by atoms with Gasteiger partial charge in [-0.1, -0.05) is 30.1 Å². The van der Waals surface area contributed by atoms with Crippen LogP contribution in [0.25, 0.3) is 11.4 Å². The predicted octanol–water partition coefficient (Wildman–Crippen LogP) is 2.58. The molecule has 3 rings (SSSR count). The molecule has 0 amide bonds. The molecule has 5 nitrogen and oxygen atoms in total. The first-order valence-electron chi connectivity index (χ1n) is 7.57. The molecule has 0 aliphatic heterocycles. The lowest BCUT2D eigenvalue weighted by molar-refractivity contribution is 0.158. The van der Waals surface area contributed by atoms with Gasteiger partial charge in [0.15, 0.2) is 0 Å². The summed E-state index contributed by atoms with van der Waals surface area (Å²) in [7, 11) is 0. The van der Waals surface area contributed by atoms with E-state index in [0.29, 0.717) is 29.4 Å². The summed E-state index contributed by atoms with van der Waals surface area (Å²) < 4.78 is 18.8. The minimum absolute atomic E-state index is 0.108. The van der Waals surface area contributed by atoms with Crippen molar-refractivity contribution < 1.29 is 14.0 Å². The molecule has 1 aliphatic carbocycles. The van der Waals surface area contributed by atoms with Crippen LogP contribution in [0.1, 0.15) is 37.1 Å². The maximum absolute atomic E-state index is 13.6. The smallest absolute Gasteiger partial charge is 0.240 e. The molecule has 0 radical (unpaired) electrons. The van der Waals surface area contributed by atoms with Crippen LogP contribution < -0.4 is 5.32 Å². The lowest BCUT2D eigenvalue weighted by Gasteiger charge is -2.27. The molecule has 22 heavy (non-hydrogen) atoms. The second kappa shape index (κ2) is 6.14. The summed E-state index contributed by atoms with van der Waals surface area (Å²) in [4.78, 5) is 4.29. The largest absolute Gasteiger partial charge is 0.394 e. The Morgan fingerprint density at radius 3 is 2.82 bits per heavy atom. The first kappa shape index (κ1) is 15.1. The first-order chi connectivity index (χ1) is 10.6. The average Bonchev–Trinajstić information content (AvgIpc) is 3.17. The molecule has 1 aliphatic rings. The number of hydrogen-bond donors (Lipinski definition) is 2. The van der Waals surface area contributed by atoms with Gasteiger partial charge >= 0.3 is 0 Å². The van der Waals surface area contributed by atoms with E-state index in [0.717, 1.165) is 25.7 Å². The summed E-state index contributed by atoms with van der Waals surface area (Å²) in [5.74, 6) is 0.531. The number of hydrogen-bond acceptors (Lipinski definition) is 5. The summed E-state index contributed by atoms with van der Waals surface area (Å²) in [5, 5.41) is 16.8. The lowest BCUT2D eigenvalue weighted by Crippen LogP contribution is -2.45. The molecule has 1 heterocycles. The van der Waals surface area contributed by atoms with Crippen molar-refractivity contribution in [2.45, 2.75) is 44.7 Å². The van der Waals surface area contributed by atoms with Crippen LogP contribution >= 0.6 is 0 Å². The Bertz CT molecular complexity index is 651. The standard InChI is InChI=1S/C16H20FN3O2/c1-11-4-5-12(8-13(11)17)15-19-14(22-20-15)9-18-16(10-21)6-2-3-7-16/h4-5,8,18,21H,2-3,6-7,9-10H2,1H3. The van der Waals surface area contributed by atoms with E-state index in [4.69, 9.17) is 4.52 Å². The highest BCUT2D eigenvalue weighted by Gasteiger charge is 2.32. The fourth-order valence-corrected chi connectivity index (χ4v) is 2.88. The zero-order chi connectivity index (χ0) is 15.6. The third-order valence-electron chi connectivity index (χ3n) is 4.38. The number of nitrogens with zero attached hydrogens (tertiary/aromatic N) is 2. The second-order valence-corrected chi connectivity index (χ2v) is 5.97. The molecule has 1 aromatic carbocycles. The quantitative estimate of drug-likeness (QED) is 0.888. The van der Waals surface area contributed by atoms with Crippen molar-refractivity contribution in [3.63, 3.8) is 0 Å². The van der Waals surface area contributed by atoms with Crippen LogP contribution in [0.15, 0.2) is 22.7 Å². The average molecular weight is 305 g/mol. The van der Waals surface area contributed by atoms with Gasteiger partial charge in [0.05, 0.1) is 13.2 Å². The van der Waals surface area contributed by atoms with Crippen molar-refractivity contribution in [3.05, 3.63) is 35.5 Å². The van der Waals surface area contributed by atoms with Crippen LogP contribution in [-0.4, -0.2) is 27.4 Å². The van der Waals surface area contributed by atoms with E-state index < -0.39 is 0 Å². The predicted molar refractivity (Wildman–Crippen MR) is 79.6 cm³/mol. The van der Waals surface area contributed by atoms with Crippen molar-refractivity contribution in [1.82, 2.24) is 15.5 Å². The van der Waals surface area contributed by atoms with Gasteiger partial charge in [0, 0.05) is 11.1 Å². The molecule has 0 saturated heterocycles. The van der Waals surface area contributed by atoms with Crippen LogP contribution in [0.3, 0.4) is 0 Å². The molecule has 0 atom stereocenters. The number of aryl methyl sites for hydroxylation is 1. The van der Waals surface area contributed by atoms with E-state index >= 15 is 0 Å². The Hall–Kier alpha value is -1.79. The molecular formula is C16H20FN3O2. The molecule has 118 valence electrons. The zero-order valence-corrected chi connectivity index (χ0v) is 12.6. The number of benzene rings is 1. The monoisotopic (exact) mass is 305 g/mol. The van der Waals surface area contributed by atoms with Gasteiger partial charge in [0.1, 0.15) is 5.82 Å². The van der Waals surface area contributed by atoms with E-state index in [2.05, 4.69) is 15.5 Å². The van der Waals surface area contributed by atoms with E-state index in [9.17, 15) is 9.50 Å². The fraction of sp³-hybridized carbons (Fsp3) is 0.500. The Morgan fingerprint density at radius 2 is 2.14 bits per heavy atom. The van der Waals surface area contributed by atoms with E-state index in [1.807, 2.05) is 0 Å². The van der Waals surface area contributed by atoms with E-state index in [1.165, 1.54) is 6.07 Å². The van der Waals surface area contributed by atoms with Crippen LogP contribution in [0.5, 0.6) is 0 Å². The fourth-order valence-electron chi connectivity index (χ4n) is 2.88. The lowest BCUT2D eigenvalue weighted by atomic mass is 9.99. The number of aromatic nitrogens is 2. The summed E-state index contributed by atoms with van der Waals surface area (Å²) in [5.41, 5.74) is 0.945. The number of halogens is 1. The molecule has 1 fully saturated rings. The van der Waals surface area contributed by atoms with E-state index in [1.54, 1.807) is 19.1 Å². The number of aliphatic hydroxyl groups is 1. The van der Waals surface area contributed by atoms with Gasteiger partial charge in [-0.25, -0.2) is 4.39 Å². The Morgan fingerprint density at radius 1 is 1.36 bits per heavy atom. The summed E-state index contributed by atoms with van der Waals surface area (Å²) in [6.07, 6.45) is 4.14. The Kier molecular flexibility index (Phi) is 4.22. The molecule has 0 bridgehead atoms. The molecule has 1 saturated carbocycles. The van der Waals surface area contributed by atoms with Crippen molar-refractivity contribution in [3.8, 4) is 11.4 Å². The molecular weight excluding hydrogens is 285 g/mol. The number of nitrogens with one attached hydrogen (secondary N) is 1. The molecule has 0 unspecified atom stereocenters. The molecule has 2 aromatic rings. The maximum Gasteiger partial charge on any atom is 0.240 e. The highest BCUT2D eigenvalue weighted by Crippen LogP contribution is 2.29. The first-order valence-corrected chi connectivity index (χ1v) is 7.57. The van der Waals surface area contributed by atoms with Crippen LogP contribution in [0.4, 0.5) is 4.39 Å². The molecule has 1 aromatic heterocycles. The molecule has 2 N–H and O–H groups in total. The van der Waals surface area contributed by atoms with Crippen molar-refractivity contribution in [1.29, 1.82) is 0 Å². The Labute approximate surface area is 128 Å². The van der Waals surface area contributed by atoms with Crippen LogP contribution in [-0.2, 0) is 6.54 Å². The SMILES string of the molecule is Cc1ccc(-c2noc(CNC3(CO)CCCC3)n2)cc1F. The van der Waals surface area contributed by atoms with Crippen LogP contribution in [0.2, 0.25) is 0 Å². The summed E-state index contributed by atoms with van der Waals surface area (Å²) >= 11 is 0. The summed E-state index contributed by atoms with van der Waals surface area (Å²) in [6, 6.07) is 4.87. The van der Waals surface area contributed by atoms with E-state index in [-0.39, 0.29) is 18.0 Å². The number of rotatable bonds is 5. The van der Waals surface area contributed by atoms with Gasteiger partial charge in [-0.2, -0.15) is 4.98 Å². The van der Waals surface area contributed by atoms with Gasteiger partial charge in [0.25, 0.3) is 0 Å². The second-order valence-electron chi connectivity index (χ2n) is 5.97. The van der Waals surface area contributed by atoms with Gasteiger partial charge < -0.3 is 14.9 Å². The number of aliphatic hydroxyl groups excluding tert-OH is 1. The maximum atomic E-state index is 13.6. The van der Waals surface area contributed by atoms with Gasteiger partial charge in [-0.3, -0.25) is 0 Å². The minimum Gasteiger partial charge on any atom is -0.394 e. The van der Waals surface area contributed by atoms with Crippen molar-refractivity contribution >= 4 is 0 Å². The highest BCUT2D eigenvalue weighted by molar-refractivity contribution is 5.54. The van der Waals surface area contributed by atoms with Gasteiger partial charge in [-0.05, 0) is 31.4 Å². The molecule has 6 heteroatoms. The molecule has 0 spiro atoms. The van der Waals surface area contributed by atoms with Crippen LogP contribution in [0, 0.1) is 12.7 Å². The minimum atomic E-state index is -0.285. The van der Waals surface area contributed by atoms with Gasteiger partial charge in [0.2, 0.25) is 11.7 Å². The van der Waals surface area contributed by atoms with Crippen molar-refractivity contribution in [2.75, 3.05) is 6.61 Å².